The van der Waals surface area contributed by atoms with Gasteiger partial charge in [0, 0.05) is 12.6 Å². The molecule has 0 aliphatic heterocycles. The van der Waals surface area contributed by atoms with Gasteiger partial charge in [-0.15, -0.1) is 0 Å². The molecule has 0 heterocycles. The molecule has 4 nitrogen and oxygen atoms in total. The van der Waals surface area contributed by atoms with Gasteiger partial charge in [0.2, 0.25) is 10.0 Å². The van der Waals surface area contributed by atoms with E-state index >= 15 is 0 Å². The second-order valence-electron chi connectivity index (χ2n) is 4.78. The second kappa shape index (κ2) is 7.62. The largest absolute Gasteiger partial charge is 0.396 e. The van der Waals surface area contributed by atoms with Crippen molar-refractivity contribution in [2.75, 3.05) is 6.61 Å². The van der Waals surface area contributed by atoms with Crippen LogP contribution in [0.2, 0.25) is 0 Å². The molecule has 1 rings (SSSR count). The third kappa shape index (κ3) is 5.30. The molecule has 0 aliphatic carbocycles. The molecule has 5 heteroatoms. The van der Waals surface area contributed by atoms with Crippen LogP contribution in [0.1, 0.15) is 38.7 Å². The van der Waals surface area contributed by atoms with Crippen LogP contribution in [0.4, 0.5) is 0 Å². The van der Waals surface area contributed by atoms with Crippen LogP contribution in [-0.4, -0.2) is 26.2 Å². The number of hydrogen-bond acceptors (Lipinski definition) is 3. The van der Waals surface area contributed by atoms with Gasteiger partial charge in [-0.05, 0) is 37.5 Å². The highest BCUT2D eigenvalue weighted by Gasteiger charge is 2.16. The number of benzene rings is 1. The fraction of sp³-hybridized carbons (Fsp3) is 0.571. The van der Waals surface area contributed by atoms with Gasteiger partial charge in [0.1, 0.15) is 0 Å². The summed E-state index contributed by atoms with van der Waals surface area (Å²) >= 11 is 0. The van der Waals surface area contributed by atoms with E-state index in [0.717, 1.165) is 24.8 Å². The van der Waals surface area contributed by atoms with Crippen molar-refractivity contribution >= 4 is 10.0 Å². The van der Waals surface area contributed by atoms with Crippen LogP contribution in [0.3, 0.4) is 0 Å². The van der Waals surface area contributed by atoms with Gasteiger partial charge < -0.3 is 5.11 Å². The van der Waals surface area contributed by atoms with Gasteiger partial charge in [0.15, 0.2) is 0 Å². The fourth-order valence-corrected chi connectivity index (χ4v) is 3.14. The minimum Gasteiger partial charge on any atom is -0.396 e. The molecule has 0 aliphatic rings. The molecule has 0 bridgehead atoms. The van der Waals surface area contributed by atoms with Crippen molar-refractivity contribution < 1.29 is 13.5 Å². The molecule has 0 fully saturated rings. The van der Waals surface area contributed by atoms with Crippen molar-refractivity contribution in [2.24, 2.45) is 0 Å². The Morgan fingerprint density at radius 3 is 2.42 bits per heavy atom. The van der Waals surface area contributed by atoms with Crippen LogP contribution in [0, 0.1) is 0 Å². The summed E-state index contributed by atoms with van der Waals surface area (Å²) in [7, 11) is -3.43. The third-order valence-electron chi connectivity index (χ3n) is 2.98. The SMILES string of the molecule is CCCCC(C)NS(=O)(=O)c1ccc(CCO)cc1. The number of nitrogens with one attached hydrogen (secondary N) is 1. The number of aliphatic hydroxyl groups excluding tert-OH is 1. The molecular weight excluding hydrogens is 262 g/mol. The molecule has 0 amide bonds. The Kier molecular flexibility index (Phi) is 6.48. The standard InChI is InChI=1S/C14H23NO3S/c1-3-4-5-12(2)15-19(17,18)14-8-6-13(7-9-14)10-11-16/h6-9,12,15-16H,3-5,10-11H2,1-2H3. The quantitative estimate of drug-likeness (QED) is 0.768. The van der Waals surface area contributed by atoms with Gasteiger partial charge in [-0.3, -0.25) is 0 Å². The first kappa shape index (κ1) is 16.1. The Morgan fingerprint density at radius 2 is 1.89 bits per heavy atom. The maximum Gasteiger partial charge on any atom is 0.240 e. The molecule has 19 heavy (non-hydrogen) atoms. The average molecular weight is 285 g/mol. The predicted octanol–water partition coefficient (Wildman–Crippen LogP) is 2.08. The van der Waals surface area contributed by atoms with Gasteiger partial charge in [-0.1, -0.05) is 31.9 Å². The average Bonchev–Trinajstić information content (AvgIpc) is 2.37. The minimum absolute atomic E-state index is 0.0536. The Hall–Kier alpha value is -0.910. The highest BCUT2D eigenvalue weighted by molar-refractivity contribution is 7.89. The summed E-state index contributed by atoms with van der Waals surface area (Å²) in [4.78, 5) is 0.275. The van der Waals surface area contributed by atoms with Crippen LogP contribution in [0.25, 0.3) is 0 Å². The zero-order valence-corrected chi connectivity index (χ0v) is 12.4. The molecule has 1 unspecified atom stereocenters. The molecule has 0 spiro atoms. The lowest BCUT2D eigenvalue weighted by atomic mass is 10.2. The Balaban J connectivity index is 2.71. The van der Waals surface area contributed by atoms with Gasteiger partial charge >= 0.3 is 0 Å². The van der Waals surface area contributed by atoms with Crippen LogP contribution >= 0.6 is 0 Å². The number of hydrogen-bond donors (Lipinski definition) is 2. The normalized spacial score (nSPS) is 13.4. The summed E-state index contributed by atoms with van der Waals surface area (Å²) in [5.41, 5.74) is 0.931. The van der Waals surface area contributed by atoms with E-state index in [0.29, 0.717) is 6.42 Å². The number of unbranched alkanes of at least 4 members (excludes halogenated alkanes) is 1. The lowest BCUT2D eigenvalue weighted by molar-refractivity contribution is 0.299. The van der Waals surface area contributed by atoms with Crippen LogP contribution in [0.15, 0.2) is 29.2 Å². The summed E-state index contributed by atoms with van der Waals surface area (Å²) in [6.45, 7) is 4.03. The first-order valence-electron chi connectivity index (χ1n) is 6.71. The Bertz CT molecular complexity index is 468. The van der Waals surface area contributed by atoms with Crippen molar-refractivity contribution in [3.05, 3.63) is 29.8 Å². The molecule has 1 aromatic carbocycles. The van der Waals surface area contributed by atoms with E-state index in [-0.39, 0.29) is 17.5 Å². The van der Waals surface area contributed by atoms with Gasteiger partial charge in [0.25, 0.3) is 0 Å². The lowest BCUT2D eigenvalue weighted by Crippen LogP contribution is -2.32. The molecule has 2 N–H and O–H groups in total. The van der Waals surface area contributed by atoms with Crippen molar-refractivity contribution in [3.8, 4) is 0 Å². The molecular formula is C14H23NO3S. The number of aliphatic hydroxyl groups is 1. The van der Waals surface area contributed by atoms with E-state index in [1.165, 1.54) is 0 Å². The molecule has 0 radical (unpaired) electrons. The zero-order valence-electron chi connectivity index (χ0n) is 11.6. The Labute approximate surface area is 115 Å². The summed E-state index contributed by atoms with van der Waals surface area (Å²) in [6, 6.07) is 6.59. The van der Waals surface area contributed by atoms with E-state index in [9.17, 15) is 8.42 Å². The predicted molar refractivity (Wildman–Crippen MR) is 76.5 cm³/mol. The number of sulfonamides is 1. The second-order valence-corrected chi connectivity index (χ2v) is 6.50. The van der Waals surface area contributed by atoms with Crippen molar-refractivity contribution in [1.82, 2.24) is 4.72 Å². The topological polar surface area (TPSA) is 66.4 Å². The first-order valence-corrected chi connectivity index (χ1v) is 8.20. The van der Waals surface area contributed by atoms with Crippen LogP contribution in [0.5, 0.6) is 0 Å². The molecule has 0 saturated heterocycles. The summed E-state index contributed by atoms with van der Waals surface area (Å²) < 4.78 is 26.9. The van der Waals surface area contributed by atoms with Crippen LogP contribution < -0.4 is 4.72 Å². The smallest absolute Gasteiger partial charge is 0.240 e. The monoisotopic (exact) mass is 285 g/mol. The summed E-state index contributed by atoms with van der Waals surface area (Å²) in [6.07, 6.45) is 3.46. The van der Waals surface area contributed by atoms with E-state index < -0.39 is 10.0 Å². The van der Waals surface area contributed by atoms with Crippen LogP contribution in [-0.2, 0) is 16.4 Å². The van der Waals surface area contributed by atoms with Crippen molar-refractivity contribution in [2.45, 2.75) is 50.5 Å². The molecule has 0 aromatic heterocycles. The van der Waals surface area contributed by atoms with E-state index in [2.05, 4.69) is 11.6 Å². The molecule has 108 valence electrons. The minimum atomic E-state index is -3.43. The van der Waals surface area contributed by atoms with Crippen molar-refractivity contribution in [3.63, 3.8) is 0 Å². The van der Waals surface area contributed by atoms with Gasteiger partial charge in [-0.25, -0.2) is 13.1 Å². The third-order valence-corrected chi connectivity index (χ3v) is 4.59. The van der Waals surface area contributed by atoms with Gasteiger partial charge in [-0.2, -0.15) is 0 Å². The fourth-order valence-electron chi connectivity index (χ4n) is 1.87. The van der Waals surface area contributed by atoms with E-state index in [4.69, 9.17) is 5.11 Å². The zero-order chi connectivity index (χ0) is 14.3. The molecule has 0 saturated carbocycles. The Morgan fingerprint density at radius 1 is 1.26 bits per heavy atom. The summed E-state index contributed by atoms with van der Waals surface area (Å²) in [5.74, 6) is 0. The van der Waals surface area contributed by atoms with E-state index in [1.54, 1.807) is 24.3 Å². The molecule has 1 aromatic rings. The van der Waals surface area contributed by atoms with E-state index in [1.807, 2.05) is 6.92 Å². The highest BCUT2D eigenvalue weighted by atomic mass is 32.2. The maximum atomic E-state index is 12.1. The van der Waals surface area contributed by atoms with Gasteiger partial charge in [0.05, 0.1) is 4.90 Å². The maximum absolute atomic E-state index is 12.1. The molecule has 1 atom stereocenters. The van der Waals surface area contributed by atoms with Crippen molar-refractivity contribution in [1.29, 1.82) is 0 Å². The summed E-state index contributed by atoms with van der Waals surface area (Å²) in [5, 5.41) is 8.82. The highest BCUT2D eigenvalue weighted by Crippen LogP contribution is 2.12. The lowest BCUT2D eigenvalue weighted by Gasteiger charge is -2.14. The first-order chi connectivity index (χ1) is 8.99. The number of rotatable bonds is 8.